The van der Waals surface area contributed by atoms with Crippen molar-refractivity contribution in [2.75, 3.05) is 0 Å². The molecule has 0 aliphatic carbocycles. The Morgan fingerprint density at radius 3 is 2.23 bits per heavy atom. The van der Waals surface area contributed by atoms with Gasteiger partial charge in [-0.25, -0.2) is 0 Å². The van der Waals surface area contributed by atoms with Crippen LogP contribution >= 0.6 is 0 Å². The maximum atomic E-state index is 8.67. The number of aryl methyl sites for hydroxylation is 1. The van der Waals surface area contributed by atoms with Crippen molar-refractivity contribution in [1.82, 2.24) is 0 Å². The third-order valence-corrected chi connectivity index (χ3v) is 2.35. The summed E-state index contributed by atoms with van der Waals surface area (Å²) in [6.45, 7) is 6.27. The van der Waals surface area contributed by atoms with Gasteiger partial charge in [-0.15, -0.1) is 0 Å². The van der Waals surface area contributed by atoms with Crippen molar-refractivity contribution < 1.29 is 0 Å². The summed E-state index contributed by atoms with van der Waals surface area (Å²) >= 11 is 0. The quantitative estimate of drug-likeness (QED) is 0.673. The highest BCUT2D eigenvalue weighted by atomic mass is 14.3. The average Bonchev–Trinajstić information content (AvgIpc) is 2.05. The first kappa shape index (κ1) is 9.80. The van der Waals surface area contributed by atoms with Gasteiger partial charge in [0.05, 0.1) is 6.07 Å². The molecule has 1 nitrogen and oxygen atoms in total. The first-order chi connectivity index (χ1) is 6.06. The number of nitrogens with zero attached hydrogens (tertiary/aromatic N) is 1. The number of nitriles is 1. The Morgan fingerprint density at radius 2 is 1.77 bits per heavy atom. The molecule has 0 heterocycles. The number of hydrogen-bond acceptors (Lipinski definition) is 1. The van der Waals surface area contributed by atoms with Gasteiger partial charge in [0.2, 0.25) is 0 Å². The standard InChI is InChI=1S/C12H15N/c1-10-4-6-11(7-5-10)12(2,3)8-9-13/h4-7H,8H2,1-3H3. The molecule has 0 saturated heterocycles. The Morgan fingerprint density at radius 1 is 1.23 bits per heavy atom. The molecule has 68 valence electrons. The Hall–Kier alpha value is -1.29. The van der Waals surface area contributed by atoms with Crippen LogP contribution in [0.4, 0.5) is 0 Å². The normalized spacial score (nSPS) is 10.9. The molecule has 1 rings (SSSR count). The highest BCUT2D eigenvalue weighted by Crippen LogP contribution is 2.26. The molecule has 0 N–H and O–H groups in total. The zero-order valence-electron chi connectivity index (χ0n) is 8.46. The monoisotopic (exact) mass is 173 g/mol. The Bertz CT molecular complexity index is 314. The molecule has 0 unspecified atom stereocenters. The zero-order chi connectivity index (χ0) is 9.90. The lowest BCUT2D eigenvalue weighted by Gasteiger charge is -2.21. The minimum atomic E-state index is -0.0253. The largest absolute Gasteiger partial charge is 0.198 e. The van der Waals surface area contributed by atoms with Gasteiger partial charge in [0.1, 0.15) is 0 Å². The molecule has 0 atom stereocenters. The highest BCUT2D eigenvalue weighted by Gasteiger charge is 2.19. The summed E-state index contributed by atoms with van der Waals surface area (Å²) in [7, 11) is 0. The zero-order valence-corrected chi connectivity index (χ0v) is 8.46. The second-order valence-electron chi connectivity index (χ2n) is 4.08. The minimum Gasteiger partial charge on any atom is -0.198 e. The molecule has 1 aromatic rings. The summed E-state index contributed by atoms with van der Waals surface area (Å²) < 4.78 is 0. The first-order valence-corrected chi connectivity index (χ1v) is 4.50. The van der Waals surface area contributed by atoms with Crippen LogP contribution in [0.15, 0.2) is 24.3 Å². The summed E-state index contributed by atoms with van der Waals surface area (Å²) in [5.74, 6) is 0. The third-order valence-electron chi connectivity index (χ3n) is 2.35. The van der Waals surface area contributed by atoms with E-state index in [0.717, 1.165) is 0 Å². The molecule has 0 saturated carbocycles. The van der Waals surface area contributed by atoms with Gasteiger partial charge in [0.15, 0.2) is 0 Å². The van der Waals surface area contributed by atoms with E-state index >= 15 is 0 Å². The molecule has 0 fully saturated rings. The van der Waals surface area contributed by atoms with Crippen LogP contribution in [0.3, 0.4) is 0 Å². The number of hydrogen-bond donors (Lipinski definition) is 0. The molecule has 1 heteroatoms. The van der Waals surface area contributed by atoms with E-state index in [1.54, 1.807) is 0 Å². The van der Waals surface area contributed by atoms with Crippen LogP contribution in [0, 0.1) is 18.3 Å². The smallest absolute Gasteiger partial charge is 0.0630 e. The lowest BCUT2D eigenvalue weighted by Crippen LogP contribution is -2.15. The first-order valence-electron chi connectivity index (χ1n) is 4.50. The SMILES string of the molecule is Cc1ccc(C(C)(C)CC#N)cc1. The molecule has 0 aliphatic heterocycles. The van der Waals surface area contributed by atoms with Crippen LogP contribution < -0.4 is 0 Å². The Kier molecular flexibility index (Phi) is 2.72. The van der Waals surface area contributed by atoms with Gasteiger partial charge in [0.25, 0.3) is 0 Å². The van der Waals surface area contributed by atoms with E-state index in [0.29, 0.717) is 6.42 Å². The predicted molar refractivity (Wildman–Crippen MR) is 54.4 cm³/mol. The number of benzene rings is 1. The fourth-order valence-electron chi connectivity index (χ4n) is 1.30. The Labute approximate surface area is 80.0 Å². The molecule has 0 aromatic heterocycles. The molecule has 0 amide bonds. The van der Waals surface area contributed by atoms with Crippen LogP contribution in [-0.4, -0.2) is 0 Å². The average molecular weight is 173 g/mol. The maximum absolute atomic E-state index is 8.67. The summed E-state index contributed by atoms with van der Waals surface area (Å²) in [5, 5.41) is 8.67. The van der Waals surface area contributed by atoms with Crippen LogP contribution in [-0.2, 0) is 5.41 Å². The summed E-state index contributed by atoms with van der Waals surface area (Å²) in [6, 6.07) is 10.6. The summed E-state index contributed by atoms with van der Waals surface area (Å²) in [5.41, 5.74) is 2.47. The molecular weight excluding hydrogens is 158 g/mol. The van der Waals surface area contributed by atoms with Crippen molar-refractivity contribution in [1.29, 1.82) is 5.26 Å². The fourth-order valence-corrected chi connectivity index (χ4v) is 1.30. The van der Waals surface area contributed by atoms with Gasteiger partial charge in [-0.1, -0.05) is 43.7 Å². The molecule has 0 spiro atoms. The minimum absolute atomic E-state index is 0.0253. The lowest BCUT2D eigenvalue weighted by molar-refractivity contribution is 0.540. The maximum Gasteiger partial charge on any atom is 0.0630 e. The highest BCUT2D eigenvalue weighted by molar-refractivity contribution is 5.28. The molecule has 1 aromatic carbocycles. The van der Waals surface area contributed by atoms with Crippen molar-refractivity contribution in [2.45, 2.75) is 32.6 Å². The van der Waals surface area contributed by atoms with Gasteiger partial charge < -0.3 is 0 Å². The van der Waals surface area contributed by atoms with Crippen LogP contribution in [0.1, 0.15) is 31.4 Å². The van der Waals surface area contributed by atoms with Gasteiger partial charge in [-0.2, -0.15) is 5.26 Å². The molecule has 0 bridgehead atoms. The second-order valence-corrected chi connectivity index (χ2v) is 4.08. The summed E-state index contributed by atoms with van der Waals surface area (Å²) in [6.07, 6.45) is 0.566. The van der Waals surface area contributed by atoms with E-state index < -0.39 is 0 Å². The van der Waals surface area contributed by atoms with E-state index in [1.165, 1.54) is 11.1 Å². The van der Waals surface area contributed by atoms with Gasteiger partial charge in [-0.3, -0.25) is 0 Å². The van der Waals surface area contributed by atoms with Crippen molar-refractivity contribution in [3.05, 3.63) is 35.4 Å². The van der Waals surface area contributed by atoms with Gasteiger partial charge in [-0.05, 0) is 12.5 Å². The van der Waals surface area contributed by atoms with Crippen LogP contribution in [0.25, 0.3) is 0 Å². The fraction of sp³-hybridized carbons (Fsp3) is 0.417. The third kappa shape index (κ3) is 2.32. The topological polar surface area (TPSA) is 23.8 Å². The second kappa shape index (κ2) is 3.62. The van der Waals surface area contributed by atoms with Crippen molar-refractivity contribution >= 4 is 0 Å². The van der Waals surface area contributed by atoms with Crippen molar-refractivity contribution in [3.8, 4) is 6.07 Å². The van der Waals surface area contributed by atoms with E-state index in [1.807, 2.05) is 0 Å². The molecule has 13 heavy (non-hydrogen) atoms. The molecule has 0 radical (unpaired) electrons. The van der Waals surface area contributed by atoms with Crippen LogP contribution in [0.2, 0.25) is 0 Å². The molecule has 0 aliphatic rings. The predicted octanol–water partition coefficient (Wildman–Crippen LogP) is 3.19. The Balaban J connectivity index is 2.95. The lowest BCUT2D eigenvalue weighted by atomic mass is 9.82. The van der Waals surface area contributed by atoms with E-state index in [4.69, 9.17) is 5.26 Å². The van der Waals surface area contributed by atoms with E-state index in [2.05, 4.69) is 51.1 Å². The van der Waals surface area contributed by atoms with Gasteiger partial charge >= 0.3 is 0 Å². The van der Waals surface area contributed by atoms with Crippen molar-refractivity contribution in [2.24, 2.45) is 0 Å². The molecular formula is C12H15N. The van der Waals surface area contributed by atoms with Gasteiger partial charge in [0, 0.05) is 11.8 Å². The number of rotatable bonds is 2. The van der Waals surface area contributed by atoms with E-state index in [9.17, 15) is 0 Å². The van der Waals surface area contributed by atoms with E-state index in [-0.39, 0.29) is 5.41 Å². The summed E-state index contributed by atoms with van der Waals surface area (Å²) in [4.78, 5) is 0. The van der Waals surface area contributed by atoms with Crippen LogP contribution in [0.5, 0.6) is 0 Å². The van der Waals surface area contributed by atoms with Crippen molar-refractivity contribution in [3.63, 3.8) is 0 Å².